The van der Waals surface area contributed by atoms with E-state index in [0.717, 1.165) is 5.69 Å². The summed E-state index contributed by atoms with van der Waals surface area (Å²) in [5.74, 6) is -1.17. The van der Waals surface area contributed by atoms with Crippen LogP contribution in [0.2, 0.25) is 0 Å². The number of hydrogen-bond acceptors (Lipinski definition) is 4. The fourth-order valence-electron chi connectivity index (χ4n) is 4.53. The molecule has 2 saturated heterocycles. The van der Waals surface area contributed by atoms with E-state index in [1.165, 1.54) is 28.6 Å². The Balaban J connectivity index is 1.50. The first-order chi connectivity index (χ1) is 13.9. The standard InChI is InChI=1S/C21H24F2N2O3S/c1-28-20-14-25(18-7-4-6-17(22)13-18)21(20)9-11-24(12-10-21)29(26,27)15-16-5-2-3-8-19(16)23/h2-8,13,20H,9-12,14-15H2,1H3. The van der Waals surface area contributed by atoms with Crippen LogP contribution in [0.4, 0.5) is 14.5 Å². The molecule has 0 bridgehead atoms. The highest BCUT2D eigenvalue weighted by atomic mass is 32.2. The highest BCUT2D eigenvalue weighted by Crippen LogP contribution is 2.45. The predicted octanol–water partition coefficient (Wildman–Crippen LogP) is 3.16. The predicted molar refractivity (Wildman–Crippen MR) is 107 cm³/mol. The zero-order valence-electron chi connectivity index (χ0n) is 16.2. The third kappa shape index (κ3) is 3.65. The number of rotatable bonds is 5. The molecule has 2 heterocycles. The summed E-state index contributed by atoms with van der Waals surface area (Å²) in [4.78, 5) is 2.12. The van der Waals surface area contributed by atoms with Gasteiger partial charge in [0.2, 0.25) is 10.0 Å². The lowest BCUT2D eigenvalue weighted by Gasteiger charge is -2.61. The molecule has 0 aliphatic carbocycles. The average molecular weight is 422 g/mol. The van der Waals surface area contributed by atoms with Crippen molar-refractivity contribution in [3.8, 4) is 0 Å². The molecular weight excluding hydrogens is 398 g/mol. The van der Waals surface area contributed by atoms with Crippen molar-refractivity contribution in [2.24, 2.45) is 0 Å². The molecule has 1 unspecified atom stereocenters. The van der Waals surface area contributed by atoms with Crippen LogP contribution in [0.25, 0.3) is 0 Å². The lowest BCUT2D eigenvalue weighted by molar-refractivity contribution is -0.0383. The zero-order valence-corrected chi connectivity index (χ0v) is 17.0. The quantitative estimate of drug-likeness (QED) is 0.743. The molecule has 0 amide bonds. The van der Waals surface area contributed by atoms with Gasteiger partial charge < -0.3 is 9.64 Å². The second kappa shape index (κ2) is 7.66. The molecule has 2 aromatic carbocycles. The van der Waals surface area contributed by atoms with Gasteiger partial charge in [-0.15, -0.1) is 0 Å². The Hall–Kier alpha value is -2.03. The Bertz CT molecular complexity index is 991. The first kappa shape index (κ1) is 20.3. The van der Waals surface area contributed by atoms with Gasteiger partial charge in [0.25, 0.3) is 0 Å². The van der Waals surface area contributed by atoms with Crippen molar-refractivity contribution in [2.75, 3.05) is 31.6 Å². The van der Waals surface area contributed by atoms with Crippen LogP contribution in [0.5, 0.6) is 0 Å². The van der Waals surface area contributed by atoms with Gasteiger partial charge in [0.15, 0.2) is 0 Å². The average Bonchev–Trinajstić information content (AvgIpc) is 2.69. The van der Waals surface area contributed by atoms with Crippen LogP contribution in [0.15, 0.2) is 48.5 Å². The Morgan fingerprint density at radius 3 is 2.48 bits per heavy atom. The molecule has 4 rings (SSSR count). The minimum Gasteiger partial charge on any atom is -0.377 e. The van der Waals surface area contributed by atoms with E-state index in [1.54, 1.807) is 25.3 Å². The van der Waals surface area contributed by atoms with E-state index in [4.69, 9.17) is 4.74 Å². The van der Waals surface area contributed by atoms with Crippen LogP contribution in [0.1, 0.15) is 18.4 Å². The van der Waals surface area contributed by atoms with Crippen LogP contribution in [0, 0.1) is 11.6 Å². The van der Waals surface area contributed by atoms with Gasteiger partial charge in [-0.2, -0.15) is 0 Å². The van der Waals surface area contributed by atoms with Crippen molar-refractivity contribution in [3.05, 3.63) is 65.7 Å². The molecule has 1 atom stereocenters. The summed E-state index contributed by atoms with van der Waals surface area (Å²) >= 11 is 0. The monoisotopic (exact) mass is 422 g/mol. The third-order valence-electron chi connectivity index (χ3n) is 6.17. The van der Waals surface area contributed by atoms with Gasteiger partial charge in [-0.25, -0.2) is 21.5 Å². The number of sulfonamides is 1. The van der Waals surface area contributed by atoms with Crippen molar-refractivity contribution < 1.29 is 21.9 Å². The molecule has 2 aromatic rings. The van der Waals surface area contributed by atoms with Gasteiger partial charge in [0.05, 0.1) is 17.4 Å². The van der Waals surface area contributed by atoms with Crippen molar-refractivity contribution in [1.29, 1.82) is 0 Å². The van der Waals surface area contributed by atoms with E-state index >= 15 is 0 Å². The SMILES string of the molecule is COC1CN(c2cccc(F)c2)C12CCN(S(=O)(=O)Cc1ccccc1F)CC2. The molecular formula is C21H24F2N2O3S. The number of nitrogens with zero attached hydrogens (tertiary/aromatic N) is 2. The number of hydrogen-bond donors (Lipinski definition) is 0. The van der Waals surface area contributed by atoms with Crippen molar-refractivity contribution in [2.45, 2.75) is 30.2 Å². The summed E-state index contributed by atoms with van der Waals surface area (Å²) in [5.41, 5.74) is 0.598. The van der Waals surface area contributed by atoms with E-state index in [9.17, 15) is 17.2 Å². The van der Waals surface area contributed by atoms with Crippen LogP contribution < -0.4 is 4.90 Å². The number of anilines is 1. The zero-order chi connectivity index (χ0) is 20.6. The molecule has 2 aliphatic heterocycles. The molecule has 0 aromatic heterocycles. The maximum absolute atomic E-state index is 13.9. The maximum Gasteiger partial charge on any atom is 0.218 e. The second-order valence-corrected chi connectivity index (χ2v) is 9.63. The molecule has 8 heteroatoms. The molecule has 2 aliphatic rings. The molecule has 0 N–H and O–H groups in total. The van der Waals surface area contributed by atoms with Crippen LogP contribution in [-0.4, -0.2) is 51.1 Å². The van der Waals surface area contributed by atoms with Gasteiger partial charge >= 0.3 is 0 Å². The summed E-state index contributed by atoms with van der Waals surface area (Å²) in [7, 11) is -1.98. The van der Waals surface area contributed by atoms with Gasteiger partial charge in [-0.1, -0.05) is 24.3 Å². The maximum atomic E-state index is 13.9. The molecule has 2 fully saturated rings. The first-order valence-electron chi connectivity index (χ1n) is 9.63. The fourth-order valence-corrected chi connectivity index (χ4v) is 6.07. The number of methoxy groups -OCH3 is 1. The van der Waals surface area contributed by atoms with E-state index in [-0.39, 0.29) is 28.8 Å². The van der Waals surface area contributed by atoms with E-state index < -0.39 is 15.8 Å². The summed E-state index contributed by atoms with van der Waals surface area (Å²) in [6.45, 7) is 1.28. The molecule has 156 valence electrons. The lowest BCUT2D eigenvalue weighted by atomic mass is 9.73. The molecule has 5 nitrogen and oxygen atoms in total. The minimum absolute atomic E-state index is 0.0396. The largest absolute Gasteiger partial charge is 0.377 e. The van der Waals surface area contributed by atoms with Crippen molar-refractivity contribution >= 4 is 15.7 Å². The lowest BCUT2D eigenvalue weighted by Crippen LogP contribution is -2.74. The van der Waals surface area contributed by atoms with E-state index in [2.05, 4.69) is 4.90 Å². The fraction of sp³-hybridized carbons (Fsp3) is 0.429. The molecule has 29 heavy (non-hydrogen) atoms. The van der Waals surface area contributed by atoms with Crippen LogP contribution in [-0.2, 0) is 20.5 Å². The van der Waals surface area contributed by atoms with Gasteiger partial charge in [0.1, 0.15) is 11.6 Å². The third-order valence-corrected chi connectivity index (χ3v) is 7.99. The molecule has 1 spiro atoms. The first-order valence-corrected chi connectivity index (χ1v) is 11.2. The normalized spacial score (nSPS) is 21.9. The van der Waals surface area contributed by atoms with Crippen LogP contribution in [0.3, 0.4) is 0 Å². The summed E-state index contributed by atoms with van der Waals surface area (Å²) in [6.07, 6.45) is 1.10. The van der Waals surface area contributed by atoms with Crippen LogP contribution >= 0.6 is 0 Å². The minimum atomic E-state index is -3.63. The molecule has 0 saturated carbocycles. The number of ether oxygens (including phenoxy) is 1. The van der Waals surface area contributed by atoms with Crippen molar-refractivity contribution in [3.63, 3.8) is 0 Å². The highest BCUT2D eigenvalue weighted by molar-refractivity contribution is 7.88. The van der Waals surface area contributed by atoms with Gasteiger partial charge in [0, 0.05) is 38.0 Å². The summed E-state index contributed by atoms with van der Waals surface area (Å²) in [6, 6.07) is 12.4. The Kier molecular flexibility index (Phi) is 5.35. The number of halogens is 2. The Morgan fingerprint density at radius 2 is 1.83 bits per heavy atom. The summed E-state index contributed by atoms with van der Waals surface area (Å²) < 4.78 is 60.4. The van der Waals surface area contributed by atoms with Gasteiger partial charge in [-0.3, -0.25) is 0 Å². The second-order valence-electron chi connectivity index (χ2n) is 7.67. The van der Waals surface area contributed by atoms with E-state index in [1.807, 2.05) is 6.07 Å². The Labute approximate surface area is 169 Å². The summed E-state index contributed by atoms with van der Waals surface area (Å²) in [5, 5.41) is 0. The number of benzene rings is 2. The number of piperidine rings is 1. The Morgan fingerprint density at radius 1 is 1.10 bits per heavy atom. The van der Waals surface area contributed by atoms with E-state index in [0.29, 0.717) is 32.5 Å². The molecule has 0 radical (unpaired) electrons. The highest BCUT2D eigenvalue weighted by Gasteiger charge is 2.55. The van der Waals surface area contributed by atoms with Crippen molar-refractivity contribution in [1.82, 2.24) is 4.31 Å². The smallest absolute Gasteiger partial charge is 0.218 e. The topological polar surface area (TPSA) is 49.9 Å². The van der Waals surface area contributed by atoms with Gasteiger partial charge in [-0.05, 0) is 37.1 Å².